The molecule has 1 saturated heterocycles. The standard InChI is InChI=1S/C13H16BrNO4/c1-8(2)13(12(17)18)5-6-15(7-13)11(16)9-3-4-10(14)19-9/h3-4,8H,5-7H2,1-2H3,(H,17,18). The number of rotatable bonds is 3. The number of hydrogen-bond acceptors (Lipinski definition) is 3. The molecule has 19 heavy (non-hydrogen) atoms. The number of carbonyl (C=O) groups excluding carboxylic acids is 1. The summed E-state index contributed by atoms with van der Waals surface area (Å²) in [6.45, 7) is 4.44. The Morgan fingerprint density at radius 1 is 1.47 bits per heavy atom. The predicted octanol–water partition coefficient (Wildman–Crippen LogP) is 2.62. The number of furan rings is 1. The van der Waals surface area contributed by atoms with Crippen LogP contribution in [0.3, 0.4) is 0 Å². The Morgan fingerprint density at radius 3 is 2.58 bits per heavy atom. The van der Waals surface area contributed by atoms with Crippen molar-refractivity contribution in [2.24, 2.45) is 11.3 Å². The zero-order valence-electron chi connectivity index (χ0n) is 10.9. The quantitative estimate of drug-likeness (QED) is 0.925. The molecule has 104 valence electrons. The fourth-order valence-electron chi connectivity index (χ4n) is 2.48. The maximum Gasteiger partial charge on any atom is 0.311 e. The predicted molar refractivity (Wildman–Crippen MR) is 71.8 cm³/mol. The van der Waals surface area contributed by atoms with Gasteiger partial charge in [0.15, 0.2) is 10.4 Å². The van der Waals surface area contributed by atoms with E-state index in [0.29, 0.717) is 17.6 Å². The third kappa shape index (κ3) is 2.41. The first-order valence-corrected chi connectivity index (χ1v) is 6.94. The monoisotopic (exact) mass is 329 g/mol. The highest BCUT2D eigenvalue weighted by Crippen LogP contribution is 2.38. The van der Waals surface area contributed by atoms with E-state index in [2.05, 4.69) is 15.9 Å². The molecule has 0 aliphatic carbocycles. The van der Waals surface area contributed by atoms with E-state index in [9.17, 15) is 14.7 Å². The van der Waals surface area contributed by atoms with Crippen molar-refractivity contribution in [3.63, 3.8) is 0 Å². The van der Waals surface area contributed by atoms with Gasteiger partial charge in [0, 0.05) is 13.1 Å². The van der Waals surface area contributed by atoms with E-state index in [1.807, 2.05) is 13.8 Å². The van der Waals surface area contributed by atoms with E-state index in [1.165, 1.54) is 0 Å². The summed E-state index contributed by atoms with van der Waals surface area (Å²) in [5.74, 6) is -0.879. The van der Waals surface area contributed by atoms with Crippen molar-refractivity contribution in [3.05, 3.63) is 22.6 Å². The van der Waals surface area contributed by atoms with E-state index < -0.39 is 11.4 Å². The molecule has 1 amide bonds. The number of hydrogen-bond donors (Lipinski definition) is 1. The highest BCUT2D eigenvalue weighted by Gasteiger charge is 2.48. The Morgan fingerprint density at radius 2 is 2.16 bits per heavy atom. The summed E-state index contributed by atoms with van der Waals surface area (Å²) in [5, 5.41) is 9.44. The molecule has 1 aliphatic heterocycles. The highest BCUT2D eigenvalue weighted by molar-refractivity contribution is 9.10. The molecular formula is C13H16BrNO4. The zero-order chi connectivity index (χ0) is 14.2. The molecule has 1 aromatic rings. The fraction of sp³-hybridized carbons (Fsp3) is 0.538. The molecule has 1 atom stereocenters. The van der Waals surface area contributed by atoms with Gasteiger partial charge < -0.3 is 14.4 Å². The average Bonchev–Trinajstić information content (AvgIpc) is 2.94. The van der Waals surface area contributed by atoms with Gasteiger partial charge >= 0.3 is 5.97 Å². The van der Waals surface area contributed by atoms with Crippen molar-refractivity contribution in [1.82, 2.24) is 4.90 Å². The minimum absolute atomic E-state index is 0.0221. The van der Waals surface area contributed by atoms with Crippen molar-refractivity contribution in [3.8, 4) is 0 Å². The molecule has 0 saturated carbocycles. The highest BCUT2D eigenvalue weighted by atomic mass is 79.9. The molecule has 2 heterocycles. The summed E-state index contributed by atoms with van der Waals surface area (Å²) in [6, 6.07) is 3.23. The smallest absolute Gasteiger partial charge is 0.311 e. The van der Waals surface area contributed by atoms with Gasteiger partial charge in [-0.15, -0.1) is 0 Å². The van der Waals surface area contributed by atoms with Crippen LogP contribution in [0.4, 0.5) is 0 Å². The number of carbonyl (C=O) groups is 2. The second-order valence-electron chi connectivity index (χ2n) is 5.20. The SMILES string of the molecule is CC(C)C1(C(=O)O)CCN(C(=O)c2ccc(Br)o2)C1. The van der Waals surface area contributed by atoms with Crippen LogP contribution in [0.15, 0.2) is 21.2 Å². The van der Waals surface area contributed by atoms with Crippen LogP contribution in [0, 0.1) is 11.3 Å². The normalized spacial score (nSPS) is 23.1. The van der Waals surface area contributed by atoms with Gasteiger partial charge in [0.05, 0.1) is 5.41 Å². The van der Waals surface area contributed by atoms with Gasteiger partial charge in [-0.3, -0.25) is 9.59 Å². The number of likely N-dealkylation sites (tertiary alicyclic amines) is 1. The third-order valence-corrected chi connectivity index (χ3v) is 4.33. The first kappa shape index (κ1) is 14.1. The number of nitrogens with zero attached hydrogens (tertiary/aromatic N) is 1. The number of carboxylic acid groups (broad SMARTS) is 1. The number of carboxylic acids is 1. The topological polar surface area (TPSA) is 70.8 Å². The van der Waals surface area contributed by atoms with Gasteiger partial charge in [0.1, 0.15) is 0 Å². The molecule has 0 aromatic carbocycles. The van der Waals surface area contributed by atoms with Crippen molar-refractivity contribution < 1.29 is 19.1 Å². The van der Waals surface area contributed by atoms with E-state index in [-0.39, 0.29) is 24.1 Å². The molecule has 1 N–H and O–H groups in total. The largest absolute Gasteiger partial charge is 0.481 e. The molecule has 1 aromatic heterocycles. The Bertz CT molecular complexity index is 510. The lowest BCUT2D eigenvalue weighted by molar-refractivity contribution is -0.150. The summed E-state index contributed by atoms with van der Waals surface area (Å²) < 4.78 is 5.71. The summed E-state index contributed by atoms with van der Waals surface area (Å²) >= 11 is 3.15. The summed E-state index contributed by atoms with van der Waals surface area (Å²) in [4.78, 5) is 25.3. The minimum Gasteiger partial charge on any atom is -0.481 e. The van der Waals surface area contributed by atoms with Crippen molar-refractivity contribution in [1.29, 1.82) is 0 Å². The lowest BCUT2D eigenvalue weighted by atomic mass is 9.76. The first-order valence-electron chi connectivity index (χ1n) is 6.15. The van der Waals surface area contributed by atoms with E-state index in [1.54, 1.807) is 17.0 Å². The first-order chi connectivity index (χ1) is 8.86. The number of amides is 1. The second-order valence-corrected chi connectivity index (χ2v) is 5.98. The van der Waals surface area contributed by atoms with Gasteiger partial charge in [-0.05, 0) is 40.4 Å². The van der Waals surface area contributed by atoms with Gasteiger partial charge in [-0.25, -0.2) is 0 Å². The molecule has 6 heteroatoms. The second kappa shape index (κ2) is 5.00. The van der Waals surface area contributed by atoms with Crippen LogP contribution in [0.25, 0.3) is 0 Å². The maximum absolute atomic E-state index is 12.2. The number of aliphatic carboxylic acids is 1. The molecule has 1 unspecified atom stereocenters. The van der Waals surface area contributed by atoms with Crippen LogP contribution in [-0.2, 0) is 4.79 Å². The molecule has 2 rings (SSSR count). The van der Waals surface area contributed by atoms with Crippen LogP contribution in [0.2, 0.25) is 0 Å². The lowest BCUT2D eigenvalue weighted by Crippen LogP contribution is -2.40. The van der Waals surface area contributed by atoms with Gasteiger partial charge in [0.2, 0.25) is 0 Å². The van der Waals surface area contributed by atoms with Gasteiger partial charge in [-0.2, -0.15) is 0 Å². The molecule has 1 aliphatic rings. The molecule has 0 spiro atoms. The molecule has 0 radical (unpaired) electrons. The summed E-state index contributed by atoms with van der Waals surface area (Å²) in [5.41, 5.74) is -0.848. The van der Waals surface area contributed by atoms with Crippen LogP contribution in [0.1, 0.15) is 30.8 Å². The molecular weight excluding hydrogens is 314 g/mol. The Hall–Kier alpha value is -1.30. The van der Waals surface area contributed by atoms with Crippen molar-refractivity contribution >= 4 is 27.8 Å². The van der Waals surface area contributed by atoms with Crippen LogP contribution >= 0.6 is 15.9 Å². The molecule has 5 nitrogen and oxygen atoms in total. The Kier molecular flexibility index (Phi) is 3.71. The summed E-state index contributed by atoms with van der Waals surface area (Å²) in [6.07, 6.45) is 0.480. The van der Waals surface area contributed by atoms with Crippen molar-refractivity contribution in [2.45, 2.75) is 20.3 Å². The van der Waals surface area contributed by atoms with Crippen LogP contribution in [0.5, 0.6) is 0 Å². The minimum atomic E-state index is -0.848. The average molecular weight is 330 g/mol. The van der Waals surface area contributed by atoms with E-state index >= 15 is 0 Å². The Balaban J connectivity index is 2.18. The summed E-state index contributed by atoms with van der Waals surface area (Å²) in [7, 11) is 0. The maximum atomic E-state index is 12.2. The van der Waals surface area contributed by atoms with Gasteiger partial charge in [-0.1, -0.05) is 13.8 Å². The zero-order valence-corrected chi connectivity index (χ0v) is 12.4. The molecule has 1 fully saturated rings. The van der Waals surface area contributed by atoms with Crippen LogP contribution < -0.4 is 0 Å². The fourth-order valence-corrected chi connectivity index (χ4v) is 2.79. The van der Waals surface area contributed by atoms with Gasteiger partial charge in [0.25, 0.3) is 5.91 Å². The Labute approximate surface area is 119 Å². The molecule has 0 bridgehead atoms. The number of halogens is 1. The van der Waals surface area contributed by atoms with E-state index in [4.69, 9.17) is 4.42 Å². The van der Waals surface area contributed by atoms with E-state index in [0.717, 1.165) is 0 Å². The van der Waals surface area contributed by atoms with Crippen molar-refractivity contribution in [2.75, 3.05) is 13.1 Å². The lowest BCUT2D eigenvalue weighted by Gasteiger charge is -2.28. The van der Waals surface area contributed by atoms with Crippen LogP contribution in [-0.4, -0.2) is 35.0 Å². The third-order valence-electron chi connectivity index (χ3n) is 3.90.